The van der Waals surface area contributed by atoms with Crippen molar-refractivity contribution in [3.05, 3.63) is 48.5 Å². The summed E-state index contributed by atoms with van der Waals surface area (Å²) in [6, 6.07) is 10.3. The molecule has 0 aliphatic carbocycles. The van der Waals surface area contributed by atoms with Gasteiger partial charge in [0.2, 0.25) is 0 Å². The third-order valence-corrected chi connectivity index (χ3v) is 1.98. The number of ether oxygens (including phenoxy) is 1. The lowest BCUT2D eigenvalue weighted by Crippen LogP contribution is -2.02. The lowest BCUT2D eigenvalue weighted by molar-refractivity contribution is 0.292. The Morgan fingerprint density at radius 3 is 2.86 bits per heavy atom. The predicted molar refractivity (Wildman–Crippen MR) is 52.8 cm³/mol. The number of rotatable bonds is 3. The molecule has 3 heteroatoms. The van der Waals surface area contributed by atoms with E-state index in [1.165, 1.54) is 0 Å². The molecule has 0 aliphatic heterocycles. The van der Waals surface area contributed by atoms with Crippen LogP contribution in [0.15, 0.2) is 36.7 Å². The van der Waals surface area contributed by atoms with Gasteiger partial charge in [-0.1, -0.05) is 12.1 Å². The summed E-state index contributed by atoms with van der Waals surface area (Å²) in [6.45, 7) is 0.494. The quantitative estimate of drug-likeness (QED) is 0.732. The van der Waals surface area contributed by atoms with Gasteiger partial charge in [0.25, 0.3) is 0 Å². The maximum absolute atomic E-state index is 5.53. The van der Waals surface area contributed by atoms with Crippen LogP contribution < -0.4 is 4.74 Å². The third-order valence-electron chi connectivity index (χ3n) is 1.98. The molecule has 1 radical (unpaired) electrons. The summed E-state index contributed by atoms with van der Waals surface area (Å²) in [5, 5.41) is 0. The van der Waals surface area contributed by atoms with Crippen LogP contribution in [0.1, 0.15) is 5.82 Å². The highest BCUT2D eigenvalue weighted by molar-refractivity contribution is 5.20. The Balaban J connectivity index is 1.99. The third kappa shape index (κ3) is 1.93. The predicted octanol–water partition coefficient (Wildman–Crippen LogP) is 1.80. The van der Waals surface area contributed by atoms with Gasteiger partial charge >= 0.3 is 0 Å². The molecule has 0 spiro atoms. The molecule has 1 aromatic carbocycles. The molecule has 0 aliphatic rings. The fourth-order valence-corrected chi connectivity index (χ4v) is 1.15. The van der Waals surface area contributed by atoms with Crippen LogP contribution in [0, 0.1) is 6.07 Å². The molecule has 2 rings (SSSR count). The first-order chi connectivity index (χ1) is 6.86. The van der Waals surface area contributed by atoms with E-state index in [4.69, 9.17) is 4.74 Å². The molecule has 14 heavy (non-hydrogen) atoms. The van der Waals surface area contributed by atoms with Crippen LogP contribution in [0.3, 0.4) is 0 Å². The molecule has 0 amide bonds. The van der Waals surface area contributed by atoms with E-state index in [1.807, 2.05) is 42.1 Å². The van der Waals surface area contributed by atoms with E-state index < -0.39 is 0 Å². The van der Waals surface area contributed by atoms with Crippen LogP contribution in [0.25, 0.3) is 0 Å². The summed E-state index contributed by atoms with van der Waals surface area (Å²) in [7, 11) is 1.95. The number of imidazole rings is 1. The molecule has 0 bridgehead atoms. The minimum absolute atomic E-state index is 0.494. The zero-order valence-corrected chi connectivity index (χ0v) is 7.97. The molecule has 0 atom stereocenters. The molecular weight excluding hydrogens is 176 g/mol. The number of benzene rings is 1. The Labute approximate surface area is 83.0 Å². The van der Waals surface area contributed by atoms with Crippen molar-refractivity contribution < 1.29 is 4.74 Å². The number of aryl methyl sites for hydroxylation is 1. The van der Waals surface area contributed by atoms with Gasteiger partial charge in [-0.05, 0) is 18.2 Å². The Morgan fingerprint density at radius 1 is 1.43 bits per heavy atom. The van der Waals surface area contributed by atoms with Crippen molar-refractivity contribution in [2.24, 2.45) is 7.05 Å². The maximum atomic E-state index is 5.53. The van der Waals surface area contributed by atoms with Gasteiger partial charge in [-0.25, -0.2) is 4.98 Å². The van der Waals surface area contributed by atoms with Crippen molar-refractivity contribution in [2.45, 2.75) is 6.61 Å². The minimum atomic E-state index is 0.494. The molecule has 71 valence electrons. The molecule has 3 nitrogen and oxygen atoms in total. The number of nitrogens with zero attached hydrogens (tertiary/aromatic N) is 2. The fourth-order valence-electron chi connectivity index (χ4n) is 1.15. The molecule has 0 saturated carbocycles. The smallest absolute Gasteiger partial charge is 0.146 e. The average molecular weight is 187 g/mol. The van der Waals surface area contributed by atoms with Gasteiger partial charge in [0.1, 0.15) is 18.2 Å². The van der Waals surface area contributed by atoms with Gasteiger partial charge < -0.3 is 9.30 Å². The van der Waals surface area contributed by atoms with E-state index in [2.05, 4.69) is 11.1 Å². The normalized spacial score (nSPS) is 10.1. The van der Waals surface area contributed by atoms with Crippen molar-refractivity contribution in [2.75, 3.05) is 0 Å². The maximum Gasteiger partial charge on any atom is 0.146 e. The topological polar surface area (TPSA) is 27.1 Å². The van der Waals surface area contributed by atoms with Crippen LogP contribution in [0.5, 0.6) is 5.75 Å². The molecular formula is C11H11N2O. The van der Waals surface area contributed by atoms with Crippen LogP contribution in [0.2, 0.25) is 0 Å². The molecule has 0 unspecified atom stereocenters. The summed E-state index contributed by atoms with van der Waals surface area (Å²) in [4.78, 5) is 4.16. The SMILES string of the molecule is Cn1ccnc1COc1cc[c]cc1. The number of aromatic nitrogens is 2. The summed E-state index contributed by atoms with van der Waals surface area (Å²) < 4.78 is 7.47. The van der Waals surface area contributed by atoms with Gasteiger partial charge in [-0.3, -0.25) is 0 Å². The molecule has 0 N–H and O–H groups in total. The first kappa shape index (κ1) is 8.81. The first-order valence-corrected chi connectivity index (χ1v) is 4.41. The van der Waals surface area contributed by atoms with Crippen LogP contribution >= 0.6 is 0 Å². The average Bonchev–Trinajstić information content (AvgIpc) is 2.63. The highest BCUT2D eigenvalue weighted by Gasteiger charge is 1.99. The Kier molecular flexibility index (Phi) is 2.49. The van der Waals surface area contributed by atoms with Crippen LogP contribution in [0.4, 0.5) is 0 Å². The Bertz CT molecular complexity index is 395. The molecule has 2 aromatic rings. The zero-order chi connectivity index (χ0) is 9.80. The summed E-state index contributed by atoms with van der Waals surface area (Å²) >= 11 is 0. The molecule has 0 fully saturated rings. The van der Waals surface area contributed by atoms with Gasteiger partial charge in [0.15, 0.2) is 0 Å². The highest BCUT2D eigenvalue weighted by Crippen LogP contribution is 2.09. The van der Waals surface area contributed by atoms with E-state index in [0.717, 1.165) is 11.6 Å². The van der Waals surface area contributed by atoms with E-state index >= 15 is 0 Å². The number of hydrogen-bond acceptors (Lipinski definition) is 2. The minimum Gasteiger partial charge on any atom is -0.486 e. The number of hydrogen-bond donors (Lipinski definition) is 0. The van der Waals surface area contributed by atoms with Crippen molar-refractivity contribution in [1.29, 1.82) is 0 Å². The standard InChI is InChI=1S/C11H11N2O/c1-13-8-7-12-11(13)9-14-10-5-3-2-4-6-10/h3-8H,9H2,1H3. The van der Waals surface area contributed by atoms with Gasteiger partial charge in [0.05, 0.1) is 0 Å². The lowest BCUT2D eigenvalue weighted by Gasteiger charge is -2.05. The summed E-state index contributed by atoms with van der Waals surface area (Å²) in [5.41, 5.74) is 0. The van der Waals surface area contributed by atoms with E-state index in [0.29, 0.717) is 6.61 Å². The van der Waals surface area contributed by atoms with Crippen molar-refractivity contribution in [3.8, 4) is 5.75 Å². The Hall–Kier alpha value is -1.77. The van der Waals surface area contributed by atoms with Gasteiger partial charge in [-0.2, -0.15) is 0 Å². The van der Waals surface area contributed by atoms with Crippen molar-refractivity contribution >= 4 is 0 Å². The largest absolute Gasteiger partial charge is 0.486 e. The zero-order valence-electron chi connectivity index (χ0n) is 7.97. The second-order valence-electron chi connectivity index (χ2n) is 2.98. The van der Waals surface area contributed by atoms with Crippen molar-refractivity contribution in [3.63, 3.8) is 0 Å². The molecule has 0 saturated heterocycles. The van der Waals surface area contributed by atoms with E-state index in [-0.39, 0.29) is 0 Å². The summed E-state index contributed by atoms with van der Waals surface area (Å²) in [5.74, 6) is 1.75. The van der Waals surface area contributed by atoms with Crippen LogP contribution in [-0.2, 0) is 13.7 Å². The van der Waals surface area contributed by atoms with Gasteiger partial charge in [-0.15, -0.1) is 0 Å². The highest BCUT2D eigenvalue weighted by atomic mass is 16.5. The molecule has 1 aromatic heterocycles. The monoisotopic (exact) mass is 187 g/mol. The van der Waals surface area contributed by atoms with Crippen LogP contribution in [-0.4, -0.2) is 9.55 Å². The van der Waals surface area contributed by atoms with E-state index in [1.54, 1.807) is 6.20 Å². The fraction of sp³-hybridized carbons (Fsp3) is 0.182. The second-order valence-corrected chi connectivity index (χ2v) is 2.98. The van der Waals surface area contributed by atoms with Gasteiger partial charge in [0, 0.05) is 19.4 Å². The second kappa shape index (κ2) is 3.96. The Morgan fingerprint density at radius 2 is 2.21 bits per heavy atom. The lowest BCUT2D eigenvalue weighted by atomic mass is 10.3. The summed E-state index contributed by atoms with van der Waals surface area (Å²) in [6.07, 6.45) is 3.66. The van der Waals surface area contributed by atoms with E-state index in [9.17, 15) is 0 Å². The first-order valence-electron chi connectivity index (χ1n) is 4.41. The van der Waals surface area contributed by atoms with Crippen molar-refractivity contribution in [1.82, 2.24) is 9.55 Å². The molecule has 1 heterocycles.